The van der Waals surface area contributed by atoms with Crippen LogP contribution in [0.25, 0.3) is 0 Å². The third-order valence-electron chi connectivity index (χ3n) is 5.94. The number of aliphatic hydroxyl groups is 1. The van der Waals surface area contributed by atoms with E-state index in [1.807, 2.05) is 13.8 Å². The average molecular weight is 493 g/mol. The van der Waals surface area contributed by atoms with E-state index in [9.17, 15) is 34.5 Å². The lowest BCUT2D eigenvalue weighted by atomic mass is 10.0. The van der Waals surface area contributed by atoms with E-state index < -0.39 is 48.1 Å². The molecule has 35 heavy (non-hydrogen) atoms. The number of aliphatic hydroxyl groups excluding tert-OH is 1. The van der Waals surface area contributed by atoms with Gasteiger partial charge in [0.05, 0.1) is 12.1 Å². The zero-order chi connectivity index (χ0) is 26.3. The second-order valence-electron chi connectivity index (χ2n) is 9.42. The number of rotatable bonds is 11. The SMILES string of the molecule is CC(C)CC(N)C(=O)N1CCCC1C(=O)NC(Cc1ccc(O)cc1)C(=O)NC(C(=O)O)C(C)O. The molecule has 1 aliphatic rings. The van der Waals surface area contributed by atoms with Crippen LogP contribution in [0.3, 0.4) is 0 Å². The number of phenols is 1. The Morgan fingerprint density at radius 2 is 1.74 bits per heavy atom. The minimum Gasteiger partial charge on any atom is -0.508 e. The van der Waals surface area contributed by atoms with E-state index in [2.05, 4.69) is 10.6 Å². The van der Waals surface area contributed by atoms with Crippen molar-refractivity contribution in [2.75, 3.05) is 6.54 Å². The van der Waals surface area contributed by atoms with E-state index in [1.54, 1.807) is 12.1 Å². The molecular weight excluding hydrogens is 456 g/mol. The van der Waals surface area contributed by atoms with Crippen LogP contribution in [0.15, 0.2) is 24.3 Å². The van der Waals surface area contributed by atoms with Crippen molar-refractivity contribution < 1.29 is 34.5 Å². The van der Waals surface area contributed by atoms with Crippen LogP contribution in [0.4, 0.5) is 0 Å². The molecule has 0 spiro atoms. The van der Waals surface area contributed by atoms with Crippen LogP contribution >= 0.6 is 0 Å². The normalized spacial score (nSPS) is 19.0. The van der Waals surface area contributed by atoms with Gasteiger partial charge in [-0.2, -0.15) is 0 Å². The maximum absolute atomic E-state index is 13.2. The molecule has 1 aromatic carbocycles. The highest BCUT2D eigenvalue weighted by Gasteiger charge is 2.38. The number of benzene rings is 1. The predicted octanol–water partition coefficient (Wildman–Crippen LogP) is -0.266. The van der Waals surface area contributed by atoms with Gasteiger partial charge < -0.3 is 36.6 Å². The number of nitrogens with zero attached hydrogens (tertiary/aromatic N) is 1. The van der Waals surface area contributed by atoms with Crippen molar-refractivity contribution in [3.05, 3.63) is 29.8 Å². The fourth-order valence-corrected chi connectivity index (χ4v) is 4.11. The Kier molecular flexibility index (Phi) is 10.0. The number of nitrogens with two attached hydrogens (primary N) is 1. The number of aliphatic carboxylic acids is 1. The minimum absolute atomic E-state index is 0.00245. The molecule has 5 atom stereocenters. The Hall–Kier alpha value is -3.18. The second-order valence-corrected chi connectivity index (χ2v) is 9.42. The van der Waals surface area contributed by atoms with Crippen LogP contribution in [-0.2, 0) is 25.6 Å². The average Bonchev–Trinajstić information content (AvgIpc) is 3.26. The van der Waals surface area contributed by atoms with Crippen LogP contribution in [0.2, 0.25) is 0 Å². The van der Waals surface area contributed by atoms with Gasteiger partial charge in [-0.15, -0.1) is 0 Å². The zero-order valence-electron chi connectivity index (χ0n) is 20.3. The number of carboxylic acids is 1. The number of carboxylic acid groups (broad SMARTS) is 1. The monoisotopic (exact) mass is 492 g/mol. The first-order valence-electron chi connectivity index (χ1n) is 11.8. The van der Waals surface area contributed by atoms with Gasteiger partial charge in [-0.05, 0) is 49.8 Å². The van der Waals surface area contributed by atoms with E-state index in [-0.39, 0.29) is 24.0 Å². The van der Waals surface area contributed by atoms with Gasteiger partial charge in [0, 0.05) is 13.0 Å². The number of carbonyl (C=O) groups is 4. The van der Waals surface area contributed by atoms with Gasteiger partial charge in [0.25, 0.3) is 0 Å². The summed E-state index contributed by atoms with van der Waals surface area (Å²) in [7, 11) is 0. The first-order valence-corrected chi connectivity index (χ1v) is 11.8. The summed E-state index contributed by atoms with van der Waals surface area (Å²) in [6.07, 6.45) is 0.122. The number of likely N-dealkylation sites (tertiary alicyclic amines) is 1. The topological polar surface area (TPSA) is 182 Å². The first-order chi connectivity index (χ1) is 16.4. The number of aromatic hydroxyl groups is 1. The maximum atomic E-state index is 13.2. The Labute approximate surface area is 204 Å². The smallest absolute Gasteiger partial charge is 0.328 e. The number of nitrogens with one attached hydrogen (secondary N) is 2. The van der Waals surface area contributed by atoms with Crippen LogP contribution in [0, 0.1) is 5.92 Å². The molecule has 7 N–H and O–H groups in total. The van der Waals surface area contributed by atoms with E-state index >= 15 is 0 Å². The molecule has 0 aromatic heterocycles. The number of hydrogen-bond acceptors (Lipinski definition) is 7. The highest BCUT2D eigenvalue weighted by Crippen LogP contribution is 2.20. The van der Waals surface area contributed by atoms with E-state index in [0.717, 1.165) is 0 Å². The molecule has 194 valence electrons. The van der Waals surface area contributed by atoms with E-state index in [0.29, 0.717) is 31.4 Å². The molecule has 0 bridgehead atoms. The van der Waals surface area contributed by atoms with Gasteiger partial charge in [0.1, 0.15) is 17.8 Å². The quantitative estimate of drug-likeness (QED) is 0.244. The molecule has 1 saturated heterocycles. The molecular formula is C24H36N4O7. The number of carbonyl (C=O) groups excluding carboxylic acids is 3. The summed E-state index contributed by atoms with van der Waals surface area (Å²) in [5, 5.41) is 33.5. The van der Waals surface area contributed by atoms with E-state index in [1.165, 1.54) is 24.0 Å². The highest BCUT2D eigenvalue weighted by molar-refractivity contribution is 5.94. The van der Waals surface area contributed by atoms with Gasteiger partial charge >= 0.3 is 5.97 Å². The molecule has 1 fully saturated rings. The van der Waals surface area contributed by atoms with Gasteiger partial charge in [-0.25, -0.2) is 4.79 Å². The Balaban J connectivity index is 2.21. The number of phenolic OH excluding ortho intramolecular Hbond substituents is 1. The summed E-state index contributed by atoms with van der Waals surface area (Å²) in [5.74, 6) is -2.86. The van der Waals surface area contributed by atoms with Crippen LogP contribution in [0.5, 0.6) is 5.75 Å². The molecule has 1 aromatic rings. The number of amides is 3. The molecule has 3 amide bonds. The summed E-state index contributed by atoms with van der Waals surface area (Å²) in [4.78, 5) is 51.9. The molecule has 2 rings (SSSR count). The molecule has 11 heteroatoms. The molecule has 1 heterocycles. The Morgan fingerprint density at radius 1 is 1.11 bits per heavy atom. The maximum Gasteiger partial charge on any atom is 0.328 e. The Bertz CT molecular complexity index is 904. The van der Waals surface area contributed by atoms with Gasteiger partial charge in [-0.3, -0.25) is 14.4 Å². The second kappa shape index (κ2) is 12.5. The number of hydrogen-bond donors (Lipinski definition) is 6. The molecule has 0 aliphatic carbocycles. The van der Waals surface area contributed by atoms with Crippen LogP contribution in [-0.4, -0.2) is 80.7 Å². The molecule has 1 aliphatic heterocycles. The van der Waals surface area contributed by atoms with Crippen molar-refractivity contribution >= 4 is 23.7 Å². The zero-order valence-corrected chi connectivity index (χ0v) is 20.3. The Morgan fingerprint density at radius 3 is 2.29 bits per heavy atom. The molecule has 5 unspecified atom stereocenters. The van der Waals surface area contributed by atoms with Gasteiger partial charge in [-0.1, -0.05) is 26.0 Å². The third-order valence-corrected chi connectivity index (χ3v) is 5.94. The van der Waals surface area contributed by atoms with Crippen molar-refractivity contribution in [3.8, 4) is 5.75 Å². The van der Waals surface area contributed by atoms with Crippen molar-refractivity contribution in [2.45, 2.75) is 76.7 Å². The molecule has 11 nitrogen and oxygen atoms in total. The standard InChI is InChI=1S/C24H36N4O7/c1-13(2)11-17(25)23(33)28-10-4-5-19(28)22(32)26-18(12-15-6-8-16(30)9-7-15)21(31)27-20(14(3)29)24(34)35/h6-9,13-14,17-20,29-30H,4-5,10-12,25H2,1-3H3,(H,26,32)(H,27,31)(H,34,35). The van der Waals surface area contributed by atoms with Crippen LogP contribution in [0.1, 0.15) is 45.6 Å². The summed E-state index contributed by atoms with van der Waals surface area (Å²) in [6.45, 7) is 5.51. The fourth-order valence-electron chi connectivity index (χ4n) is 4.11. The first kappa shape index (κ1) is 28.1. The lowest BCUT2D eigenvalue weighted by molar-refractivity contribution is -0.145. The fraction of sp³-hybridized carbons (Fsp3) is 0.583. The lowest BCUT2D eigenvalue weighted by Crippen LogP contribution is -2.58. The molecule has 0 radical (unpaired) electrons. The minimum atomic E-state index is -1.57. The summed E-state index contributed by atoms with van der Waals surface area (Å²) in [6, 6.07) is 1.70. The lowest BCUT2D eigenvalue weighted by Gasteiger charge is -2.29. The predicted molar refractivity (Wildman–Crippen MR) is 127 cm³/mol. The summed E-state index contributed by atoms with van der Waals surface area (Å²) in [5.41, 5.74) is 6.65. The summed E-state index contributed by atoms with van der Waals surface area (Å²) >= 11 is 0. The van der Waals surface area contributed by atoms with Crippen molar-refractivity contribution in [3.63, 3.8) is 0 Å². The van der Waals surface area contributed by atoms with Gasteiger partial charge in [0.15, 0.2) is 6.04 Å². The largest absolute Gasteiger partial charge is 0.508 e. The van der Waals surface area contributed by atoms with Gasteiger partial charge in [0.2, 0.25) is 17.7 Å². The molecule has 0 saturated carbocycles. The van der Waals surface area contributed by atoms with Crippen molar-refractivity contribution in [2.24, 2.45) is 11.7 Å². The summed E-state index contributed by atoms with van der Waals surface area (Å²) < 4.78 is 0. The van der Waals surface area contributed by atoms with Crippen molar-refractivity contribution in [1.82, 2.24) is 15.5 Å². The highest BCUT2D eigenvalue weighted by atomic mass is 16.4. The third kappa shape index (κ3) is 7.93. The van der Waals surface area contributed by atoms with Crippen molar-refractivity contribution in [1.29, 1.82) is 0 Å². The van der Waals surface area contributed by atoms with E-state index in [4.69, 9.17) is 5.73 Å². The van der Waals surface area contributed by atoms with Crippen LogP contribution < -0.4 is 16.4 Å².